The summed E-state index contributed by atoms with van der Waals surface area (Å²) in [5.41, 5.74) is 0. The molecule has 0 aromatic rings. The maximum atomic E-state index is 6.15. The van der Waals surface area contributed by atoms with Gasteiger partial charge in [-0.3, -0.25) is 0 Å². The van der Waals surface area contributed by atoms with E-state index in [1.807, 2.05) is 0 Å². The van der Waals surface area contributed by atoms with E-state index in [1.54, 1.807) is 7.11 Å². The summed E-state index contributed by atoms with van der Waals surface area (Å²) >= 11 is 0. The van der Waals surface area contributed by atoms with E-state index in [-0.39, 0.29) is 5.79 Å². The van der Waals surface area contributed by atoms with Crippen LogP contribution < -0.4 is 0 Å². The van der Waals surface area contributed by atoms with E-state index in [1.165, 1.54) is 25.7 Å². The molecule has 0 spiro atoms. The van der Waals surface area contributed by atoms with Crippen molar-refractivity contribution in [3.8, 4) is 0 Å². The minimum Gasteiger partial charge on any atom is -0.391 e. The highest BCUT2D eigenvalue weighted by molar-refractivity contribution is 6.69. The molecule has 0 aliphatic heterocycles. The highest BCUT2D eigenvalue weighted by Crippen LogP contribution is 2.51. The van der Waals surface area contributed by atoms with Gasteiger partial charge in [0.15, 0.2) is 14.1 Å². The van der Waals surface area contributed by atoms with Gasteiger partial charge in [-0.15, -0.1) is 0 Å². The molecular weight excluding hydrogens is 204 g/mol. The van der Waals surface area contributed by atoms with Crippen LogP contribution in [0, 0.1) is 5.92 Å². The smallest absolute Gasteiger partial charge is 0.187 e. The third-order valence-electron chi connectivity index (χ3n) is 2.97. The van der Waals surface area contributed by atoms with Gasteiger partial charge in [0.05, 0.1) is 0 Å². The SMILES string of the molecule is CCCCCC1CC1(OC)O[Si](C)(C)C. The lowest BCUT2D eigenvalue weighted by atomic mass is 10.1. The first kappa shape index (κ1) is 13.2. The normalized spacial score (nSPS) is 30.6. The minimum absolute atomic E-state index is 0.196. The summed E-state index contributed by atoms with van der Waals surface area (Å²) < 4.78 is 11.7. The van der Waals surface area contributed by atoms with Gasteiger partial charge in [-0.1, -0.05) is 26.2 Å². The van der Waals surface area contributed by atoms with Crippen molar-refractivity contribution in [1.82, 2.24) is 0 Å². The van der Waals surface area contributed by atoms with E-state index in [0.29, 0.717) is 5.92 Å². The predicted molar refractivity (Wildman–Crippen MR) is 66.4 cm³/mol. The molecule has 90 valence electrons. The summed E-state index contributed by atoms with van der Waals surface area (Å²) in [5.74, 6) is 0.457. The number of methoxy groups -OCH3 is 1. The summed E-state index contributed by atoms with van der Waals surface area (Å²) in [6, 6.07) is 0. The third-order valence-corrected chi connectivity index (χ3v) is 3.93. The molecule has 1 aliphatic rings. The lowest BCUT2D eigenvalue weighted by molar-refractivity contribution is -0.0993. The van der Waals surface area contributed by atoms with Crippen molar-refractivity contribution < 1.29 is 9.16 Å². The van der Waals surface area contributed by atoms with Crippen molar-refractivity contribution in [2.45, 2.75) is 64.5 Å². The van der Waals surface area contributed by atoms with Gasteiger partial charge in [0.25, 0.3) is 0 Å². The van der Waals surface area contributed by atoms with E-state index in [2.05, 4.69) is 26.6 Å². The van der Waals surface area contributed by atoms with E-state index < -0.39 is 8.32 Å². The molecule has 15 heavy (non-hydrogen) atoms. The molecule has 0 heterocycles. The highest BCUT2D eigenvalue weighted by atomic mass is 28.4. The molecule has 1 saturated carbocycles. The van der Waals surface area contributed by atoms with Gasteiger partial charge in [-0.2, -0.15) is 0 Å². The Morgan fingerprint density at radius 3 is 2.40 bits per heavy atom. The maximum absolute atomic E-state index is 6.15. The van der Waals surface area contributed by atoms with Gasteiger partial charge >= 0.3 is 0 Å². The topological polar surface area (TPSA) is 18.5 Å². The van der Waals surface area contributed by atoms with Gasteiger partial charge in [-0.05, 0) is 26.1 Å². The fourth-order valence-electron chi connectivity index (χ4n) is 2.18. The van der Waals surface area contributed by atoms with Crippen molar-refractivity contribution in [2.24, 2.45) is 5.92 Å². The summed E-state index contributed by atoms with van der Waals surface area (Å²) in [6.07, 6.45) is 6.33. The average Bonchev–Trinajstić information content (AvgIpc) is 2.77. The fraction of sp³-hybridized carbons (Fsp3) is 1.00. The average molecular weight is 230 g/mol. The number of rotatable bonds is 7. The van der Waals surface area contributed by atoms with Gasteiger partial charge in [0, 0.05) is 19.4 Å². The summed E-state index contributed by atoms with van der Waals surface area (Å²) in [6.45, 7) is 8.94. The van der Waals surface area contributed by atoms with Crippen LogP contribution >= 0.6 is 0 Å². The molecule has 0 radical (unpaired) electrons. The van der Waals surface area contributed by atoms with Crippen LogP contribution in [0.2, 0.25) is 19.6 Å². The first-order chi connectivity index (χ1) is 6.93. The van der Waals surface area contributed by atoms with Gasteiger partial charge in [0.2, 0.25) is 0 Å². The number of unbranched alkanes of at least 4 members (excludes halogenated alkanes) is 2. The molecule has 1 aliphatic carbocycles. The molecule has 0 aromatic carbocycles. The largest absolute Gasteiger partial charge is 0.391 e. The van der Waals surface area contributed by atoms with Crippen LogP contribution in [0.15, 0.2) is 0 Å². The first-order valence-corrected chi connectivity index (χ1v) is 9.59. The van der Waals surface area contributed by atoms with Gasteiger partial charge in [0.1, 0.15) is 0 Å². The Labute approximate surface area is 95.5 Å². The second-order valence-electron chi connectivity index (χ2n) is 5.63. The van der Waals surface area contributed by atoms with Crippen molar-refractivity contribution in [3.05, 3.63) is 0 Å². The number of ether oxygens (including phenoxy) is 1. The van der Waals surface area contributed by atoms with Gasteiger partial charge < -0.3 is 9.16 Å². The van der Waals surface area contributed by atoms with Crippen LogP contribution in [-0.4, -0.2) is 21.2 Å². The Balaban J connectivity index is 2.33. The molecule has 0 aromatic heterocycles. The monoisotopic (exact) mass is 230 g/mol. The van der Waals surface area contributed by atoms with Crippen molar-refractivity contribution in [3.63, 3.8) is 0 Å². The molecule has 1 fully saturated rings. The quantitative estimate of drug-likeness (QED) is 0.376. The zero-order valence-electron chi connectivity index (χ0n) is 10.9. The Hall–Kier alpha value is 0.137. The number of hydrogen-bond acceptors (Lipinski definition) is 2. The Morgan fingerprint density at radius 2 is 1.93 bits per heavy atom. The van der Waals surface area contributed by atoms with Crippen molar-refractivity contribution >= 4 is 8.32 Å². The molecule has 0 amide bonds. The van der Waals surface area contributed by atoms with Crippen LogP contribution in [0.5, 0.6) is 0 Å². The lowest BCUT2D eigenvalue weighted by Gasteiger charge is -2.26. The molecular formula is C12H26O2Si. The molecule has 2 nitrogen and oxygen atoms in total. The maximum Gasteiger partial charge on any atom is 0.187 e. The minimum atomic E-state index is -1.47. The van der Waals surface area contributed by atoms with E-state index in [9.17, 15) is 0 Å². The predicted octanol–water partition coefficient (Wildman–Crippen LogP) is 3.78. The second kappa shape index (κ2) is 4.98. The van der Waals surface area contributed by atoms with Crippen LogP contribution in [0.3, 0.4) is 0 Å². The Kier molecular flexibility index (Phi) is 4.38. The van der Waals surface area contributed by atoms with E-state index in [0.717, 1.165) is 6.42 Å². The van der Waals surface area contributed by atoms with E-state index >= 15 is 0 Å². The Bertz CT molecular complexity index is 200. The Morgan fingerprint density at radius 1 is 1.27 bits per heavy atom. The number of hydrogen-bond donors (Lipinski definition) is 0. The van der Waals surface area contributed by atoms with Gasteiger partial charge in [-0.25, -0.2) is 0 Å². The molecule has 0 N–H and O–H groups in total. The van der Waals surface area contributed by atoms with Crippen LogP contribution in [0.1, 0.15) is 39.0 Å². The standard InChI is InChI=1S/C12H26O2Si/c1-6-7-8-9-11-10-12(11,13-2)14-15(3,4)5/h11H,6-10H2,1-5H3. The molecule has 0 saturated heterocycles. The van der Waals surface area contributed by atoms with Crippen LogP contribution in [0.25, 0.3) is 0 Å². The summed E-state index contributed by atoms with van der Waals surface area (Å²) in [7, 11) is 0.326. The zero-order chi connectivity index (χ0) is 11.5. The molecule has 2 unspecified atom stereocenters. The van der Waals surface area contributed by atoms with Crippen LogP contribution in [-0.2, 0) is 9.16 Å². The highest BCUT2D eigenvalue weighted by Gasteiger charge is 2.57. The van der Waals surface area contributed by atoms with Crippen molar-refractivity contribution in [2.75, 3.05) is 7.11 Å². The van der Waals surface area contributed by atoms with Crippen LogP contribution in [0.4, 0.5) is 0 Å². The first-order valence-electron chi connectivity index (χ1n) is 6.19. The zero-order valence-corrected chi connectivity index (χ0v) is 11.9. The fourth-order valence-corrected chi connectivity index (χ4v) is 3.55. The summed E-state index contributed by atoms with van der Waals surface area (Å²) in [4.78, 5) is 0. The third kappa shape index (κ3) is 3.89. The lowest BCUT2D eigenvalue weighted by Crippen LogP contribution is -2.35. The molecule has 3 heteroatoms. The molecule has 0 bridgehead atoms. The van der Waals surface area contributed by atoms with Crippen molar-refractivity contribution in [1.29, 1.82) is 0 Å². The second-order valence-corrected chi connectivity index (χ2v) is 10.1. The van der Waals surface area contributed by atoms with E-state index in [4.69, 9.17) is 9.16 Å². The molecule has 2 atom stereocenters. The summed E-state index contributed by atoms with van der Waals surface area (Å²) in [5, 5.41) is 0. The molecule has 1 rings (SSSR count).